The zero-order valence-electron chi connectivity index (χ0n) is 16.2. The highest BCUT2D eigenvalue weighted by molar-refractivity contribution is 7.03. The molecule has 4 heterocycles. The maximum absolute atomic E-state index is 11.4. The molecule has 0 radical (unpaired) electrons. The molecule has 30 heavy (non-hydrogen) atoms. The number of nitrogens with one attached hydrogen (secondary N) is 1. The van der Waals surface area contributed by atoms with E-state index in [1.165, 1.54) is 16.1 Å². The molecule has 1 aromatic carbocycles. The van der Waals surface area contributed by atoms with Crippen LogP contribution in [-0.4, -0.2) is 31.8 Å². The largest absolute Gasteiger partial charge is 0.366 e. The Bertz CT molecular complexity index is 1370. The van der Waals surface area contributed by atoms with Crippen LogP contribution >= 0.6 is 11.5 Å². The number of aryl methyl sites for hydroxylation is 1. The third kappa shape index (κ3) is 3.27. The molecule has 0 atom stereocenters. The number of fused-ring (bicyclic) bond motifs is 1. The first-order valence-electron chi connectivity index (χ1n) is 9.42. The van der Waals surface area contributed by atoms with Crippen LogP contribution in [0.4, 0.5) is 5.82 Å². The topological polar surface area (TPSA) is 101 Å². The molecule has 3 N–H and O–H groups in total. The van der Waals surface area contributed by atoms with Gasteiger partial charge in [-0.1, -0.05) is 18.2 Å². The van der Waals surface area contributed by atoms with Crippen molar-refractivity contribution in [3.05, 3.63) is 69.7 Å². The summed E-state index contributed by atoms with van der Waals surface area (Å²) in [5.41, 5.74) is 9.27. The summed E-state index contributed by atoms with van der Waals surface area (Å²) in [6.07, 6.45) is 6.08. The molecule has 0 fully saturated rings. The third-order valence-corrected chi connectivity index (χ3v) is 5.75. The summed E-state index contributed by atoms with van der Waals surface area (Å²) in [4.78, 5) is 26.5. The van der Waals surface area contributed by atoms with E-state index in [0.29, 0.717) is 17.9 Å². The number of nitrogens with two attached hydrogens (primary N) is 1. The van der Waals surface area contributed by atoms with E-state index in [0.717, 1.165) is 33.7 Å². The second-order valence-electron chi connectivity index (χ2n) is 7.02. The van der Waals surface area contributed by atoms with Crippen LogP contribution in [0.25, 0.3) is 35.1 Å². The minimum absolute atomic E-state index is 0.454. The first kappa shape index (κ1) is 18.3. The lowest BCUT2D eigenvalue weighted by atomic mass is 10.1. The molecule has 7 nitrogen and oxygen atoms in total. The quantitative estimate of drug-likeness (QED) is 0.532. The van der Waals surface area contributed by atoms with E-state index in [1.807, 2.05) is 43.5 Å². The Labute approximate surface area is 176 Å². The molecule has 8 heteroatoms. The number of aromatic amines is 1. The molecule has 0 unspecified atom stereocenters. The Kier molecular flexibility index (Phi) is 4.40. The van der Waals surface area contributed by atoms with E-state index >= 15 is 0 Å². The number of benzene rings is 1. The highest BCUT2D eigenvalue weighted by atomic mass is 32.1. The Balaban J connectivity index is 1.64. The van der Waals surface area contributed by atoms with Crippen LogP contribution in [-0.2, 0) is 0 Å². The predicted molar refractivity (Wildman–Crippen MR) is 118 cm³/mol. The summed E-state index contributed by atoms with van der Waals surface area (Å²) in [5.74, 6) is 1.03. The predicted octanol–water partition coefficient (Wildman–Crippen LogP) is 2.04. The average Bonchev–Trinajstić information content (AvgIpc) is 3.40. The molecule has 3 aromatic heterocycles. The van der Waals surface area contributed by atoms with Gasteiger partial charge in [-0.3, -0.25) is 9.78 Å². The van der Waals surface area contributed by atoms with Gasteiger partial charge in [-0.05, 0) is 48.8 Å². The Morgan fingerprint density at radius 1 is 1.17 bits per heavy atom. The molecule has 0 aliphatic carbocycles. The first-order chi connectivity index (χ1) is 14.6. The number of pyridine rings is 1. The molecule has 0 saturated heterocycles. The SMILES string of the molecule is Cc1cccc(-c2[nH]c(-c3ccc(C(N)=O)cc3)nc2N2C=c3cnsc3=CC2)n1. The van der Waals surface area contributed by atoms with Crippen molar-refractivity contribution in [2.75, 3.05) is 11.4 Å². The second kappa shape index (κ2) is 7.23. The molecule has 4 aromatic rings. The van der Waals surface area contributed by atoms with E-state index < -0.39 is 5.91 Å². The number of hydrogen-bond acceptors (Lipinski definition) is 6. The van der Waals surface area contributed by atoms with Gasteiger partial charge in [0, 0.05) is 41.0 Å². The third-order valence-electron chi connectivity index (χ3n) is 4.94. The minimum atomic E-state index is -0.454. The van der Waals surface area contributed by atoms with Crippen LogP contribution in [0.3, 0.4) is 0 Å². The molecule has 0 spiro atoms. The summed E-state index contributed by atoms with van der Waals surface area (Å²) in [6, 6.07) is 13.0. The molecule has 148 valence electrons. The summed E-state index contributed by atoms with van der Waals surface area (Å²) < 4.78 is 5.44. The summed E-state index contributed by atoms with van der Waals surface area (Å²) >= 11 is 1.49. The number of H-pyrrole nitrogens is 1. The monoisotopic (exact) mass is 414 g/mol. The highest BCUT2D eigenvalue weighted by Crippen LogP contribution is 2.32. The number of amides is 1. The molecular formula is C22H18N6OS. The molecule has 0 saturated carbocycles. The van der Waals surface area contributed by atoms with E-state index in [-0.39, 0.29) is 0 Å². The van der Waals surface area contributed by atoms with Gasteiger partial charge >= 0.3 is 0 Å². The van der Waals surface area contributed by atoms with E-state index in [1.54, 1.807) is 12.1 Å². The normalized spacial score (nSPS) is 12.8. The Morgan fingerprint density at radius 2 is 2.00 bits per heavy atom. The summed E-state index contributed by atoms with van der Waals surface area (Å²) in [5, 5.41) is 1.07. The molecule has 1 amide bonds. The van der Waals surface area contributed by atoms with Crippen molar-refractivity contribution < 1.29 is 4.79 Å². The van der Waals surface area contributed by atoms with Crippen molar-refractivity contribution in [3.8, 4) is 22.8 Å². The number of nitrogens with zero attached hydrogens (tertiary/aromatic N) is 4. The fraction of sp³-hybridized carbons (Fsp3) is 0.0909. The summed E-state index contributed by atoms with van der Waals surface area (Å²) in [7, 11) is 0. The number of carbonyl (C=O) groups is 1. The Hall–Kier alpha value is -3.78. The minimum Gasteiger partial charge on any atom is -0.366 e. The van der Waals surface area contributed by atoms with Crippen molar-refractivity contribution in [1.29, 1.82) is 0 Å². The number of aromatic nitrogens is 4. The number of rotatable bonds is 4. The van der Waals surface area contributed by atoms with Crippen LogP contribution in [0.5, 0.6) is 0 Å². The van der Waals surface area contributed by atoms with Gasteiger partial charge in [0.05, 0.1) is 10.2 Å². The van der Waals surface area contributed by atoms with Gasteiger partial charge in [0.15, 0.2) is 5.82 Å². The second-order valence-corrected chi connectivity index (χ2v) is 7.85. The van der Waals surface area contributed by atoms with E-state index in [4.69, 9.17) is 10.7 Å². The van der Waals surface area contributed by atoms with Gasteiger partial charge in [0.1, 0.15) is 11.5 Å². The van der Waals surface area contributed by atoms with Gasteiger partial charge in [0.2, 0.25) is 5.91 Å². The van der Waals surface area contributed by atoms with E-state index in [2.05, 4.69) is 31.5 Å². The van der Waals surface area contributed by atoms with Crippen LogP contribution in [0.2, 0.25) is 0 Å². The smallest absolute Gasteiger partial charge is 0.248 e. The highest BCUT2D eigenvalue weighted by Gasteiger charge is 2.20. The molecule has 0 bridgehead atoms. The maximum atomic E-state index is 11.4. The zero-order valence-corrected chi connectivity index (χ0v) is 17.0. The van der Waals surface area contributed by atoms with Crippen molar-refractivity contribution >= 4 is 35.5 Å². The van der Waals surface area contributed by atoms with Gasteiger partial charge in [-0.25, -0.2) is 4.98 Å². The number of primary amides is 1. The number of imidazole rings is 1. The van der Waals surface area contributed by atoms with E-state index in [9.17, 15) is 4.79 Å². The van der Waals surface area contributed by atoms with Gasteiger partial charge in [-0.15, -0.1) is 0 Å². The van der Waals surface area contributed by atoms with Crippen LogP contribution in [0.15, 0.2) is 48.7 Å². The van der Waals surface area contributed by atoms with Crippen LogP contribution in [0, 0.1) is 6.92 Å². The molecule has 1 aliphatic heterocycles. The molecule has 5 rings (SSSR count). The lowest BCUT2D eigenvalue weighted by Gasteiger charge is -2.19. The Morgan fingerprint density at radius 3 is 2.77 bits per heavy atom. The molecule has 1 aliphatic rings. The van der Waals surface area contributed by atoms with Crippen molar-refractivity contribution in [1.82, 2.24) is 19.3 Å². The fourth-order valence-corrected chi connectivity index (χ4v) is 4.06. The van der Waals surface area contributed by atoms with Gasteiger partial charge in [0.25, 0.3) is 0 Å². The van der Waals surface area contributed by atoms with Crippen LogP contribution in [0.1, 0.15) is 16.1 Å². The van der Waals surface area contributed by atoms with Crippen molar-refractivity contribution in [3.63, 3.8) is 0 Å². The maximum Gasteiger partial charge on any atom is 0.248 e. The standard InChI is InChI=1S/C22H18N6OS/c1-13-3-2-4-17(25-13)19-22(28-10-9-18-16(12-28)11-24-30-18)27-21(26-19)15-7-5-14(6-8-15)20(23)29/h2-9,11-12H,10H2,1H3,(H2,23,29)(H,26,27). The number of carbonyl (C=O) groups excluding carboxylic acids is 1. The summed E-state index contributed by atoms with van der Waals surface area (Å²) in [6.45, 7) is 2.66. The fourth-order valence-electron chi connectivity index (χ4n) is 3.42. The lowest BCUT2D eigenvalue weighted by molar-refractivity contribution is 0.100. The lowest BCUT2D eigenvalue weighted by Crippen LogP contribution is -2.32. The van der Waals surface area contributed by atoms with Crippen molar-refractivity contribution in [2.24, 2.45) is 5.73 Å². The zero-order chi connectivity index (χ0) is 20.7. The van der Waals surface area contributed by atoms with Crippen molar-refractivity contribution in [2.45, 2.75) is 6.92 Å². The van der Waals surface area contributed by atoms with Crippen LogP contribution < -0.4 is 20.4 Å². The first-order valence-corrected chi connectivity index (χ1v) is 10.2. The van der Waals surface area contributed by atoms with Gasteiger partial charge in [-0.2, -0.15) is 4.37 Å². The van der Waals surface area contributed by atoms with Gasteiger partial charge < -0.3 is 15.6 Å². The number of hydrogen-bond donors (Lipinski definition) is 2. The molecular weight excluding hydrogens is 396 g/mol. The average molecular weight is 414 g/mol. The number of anilines is 1.